The maximum absolute atomic E-state index is 12.1. The molecule has 98 valence electrons. The lowest BCUT2D eigenvalue weighted by atomic mass is 9.95. The number of hydrogen-bond acceptors (Lipinski definition) is 5. The molecule has 6 nitrogen and oxygen atoms in total. The highest BCUT2D eigenvalue weighted by molar-refractivity contribution is 8.02. The lowest BCUT2D eigenvalue weighted by molar-refractivity contribution is 0.0713. The summed E-state index contributed by atoms with van der Waals surface area (Å²) in [6, 6.07) is 0. The zero-order chi connectivity index (χ0) is 13.2. The van der Waals surface area contributed by atoms with Gasteiger partial charge in [-0.25, -0.2) is 0 Å². The molecule has 1 fully saturated rings. The summed E-state index contributed by atoms with van der Waals surface area (Å²) in [6.45, 7) is 1.29. The fourth-order valence-electron chi connectivity index (χ4n) is 2.09. The van der Waals surface area contributed by atoms with Crippen LogP contribution in [0.4, 0.5) is 0 Å². The number of nitrogens with zero attached hydrogens (tertiary/aromatic N) is 3. The van der Waals surface area contributed by atoms with Crippen LogP contribution in [0.25, 0.3) is 0 Å². The Hall–Kier alpha value is -1.15. The molecule has 0 aromatic carbocycles. The number of aromatic nitrogens is 3. The second kappa shape index (κ2) is 5.23. The van der Waals surface area contributed by atoms with E-state index >= 15 is 0 Å². The molecule has 1 aliphatic rings. The number of rotatable bonds is 3. The molecule has 3 N–H and O–H groups in total. The standard InChI is InChI=1S/C10H15N5OS2/c1-18-10(9(11)17)2-4-15(5-3-10)8(16)7-6-12-14-13-7/h6H,2-5H2,1H3,(H2,11,17)(H,12,13,14). The molecule has 0 atom stereocenters. The molecule has 8 heteroatoms. The number of piperidine rings is 1. The van der Waals surface area contributed by atoms with Gasteiger partial charge in [-0.15, -0.1) is 0 Å². The Morgan fingerprint density at radius 2 is 2.28 bits per heavy atom. The molecule has 2 rings (SSSR count). The smallest absolute Gasteiger partial charge is 0.276 e. The maximum Gasteiger partial charge on any atom is 0.276 e. The Labute approximate surface area is 115 Å². The van der Waals surface area contributed by atoms with Gasteiger partial charge in [-0.05, 0) is 19.1 Å². The zero-order valence-corrected chi connectivity index (χ0v) is 11.7. The van der Waals surface area contributed by atoms with Crippen molar-refractivity contribution in [3.63, 3.8) is 0 Å². The Morgan fingerprint density at radius 3 is 2.72 bits per heavy atom. The van der Waals surface area contributed by atoms with Crippen molar-refractivity contribution in [3.8, 4) is 0 Å². The highest BCUT2D eigenvalue weighted by atomic mass is 32.2. The summed E-state index contributed by atoms with van der Waals surface area (Å²) in [5, 5.41) is 9.89. The monoisotopic (exact) mass is 285 g/mol. The number of thioether (sulfide) groups is 1. The number of thiocarbonyl (C=S) groups is 1. The van der Waals surface area contributed by atoms with Crippen LogP contribution in [-0.2, 0) is 0 Å². The molecular weight excluding hydrogens is 270 g/mol. The first-order valence-corrected chi connectivity index (χ1v) is 7.22. The summed E-state index contributed by atoms with van der Waals surface area (Å²) in [5.41, 5.74) is 6.16. The Kier molecular flexibility index (Phi) is 3.86. The molecule has 0 radical (unpaired) electrons. The first-order valence-electron chi connectivity index (χ1n) is 5.59. The van der Waals surface area contributed by atoms with E-state index in [1.807, 2.05) is 6.26 Å². The van der Waals surface area contributed by atoms with E-state index in [0.29, 0.717) is 23.8 Å². The van der Waals surface area contributed by atoms with Gasteiger partial charge < -0.3 is 10.6 Å². The predicted molar refractivity (Wildman–Crippen MR) is 74.6 cm³/mol. The number of aromatic amines is 1. The fourth-order valence-corrected chi connectivity index (χ4v) is 3.33. The van der Waals surface area contributed by atoms with Crippen molar-refractivity contribution < 1.29 is 4.79 Å². The predicted octanol–water partition coefficient (Wildman–Crippen LogP) is 0.429. The third-order valence-electron chi connectivity index (χ3n) is 3.33. The van der Waals surface area contributed by atoms with Gasteiger partial charge >= 0.3 is 0 Å². The molecule has 1 saturated heterocycles. The van der Waals surface area contributed by atoms with E-state index < -0.39 is 0 Å². The molecule has 0 spiro atoms. The van der Waals surface area contributed by atoms with Crippen LogP contribution in [0.2, 0.25) is 0 Å². The number of likely N-dealkylation sites (tertiary alicyclic amines) is 1. The number of amides is 1. The minimum Gasteiger partial charge on any atom is -0.392 e. The molecular formula is C10H15N5OS2. The van der Waals surface area contributed by atoms with Crippen molar-refractivity contribution in [1.29, 1.82) is 0 Å². The Balaban J connectivity index is 2.02. The molecule has 0 aliphatic carbocycles. The first kappa shape index (κ1) is 13.3. The van der Waals surface area contributed by atoms with Gasteiger partial charge in [-0.3, -0.25) is 4.79 Å². The van der Waals surface area contributed by atoms with Gasteiger partial charge in [0.2, 0.25) is 0 Å². The quantitative estimate of drug-likeness (QED) is 0.783. The second-order valence-electron chi connectivity index (χ2n) is 4.21. The van der Waals surface area contributed by atoms with Crippen molar-refractivity contribution in [2.45, 2.75) is 17.6 Å². The Morgan fingerprint density at radius 1 is 1.61 bits per heavy atom. The summed E-state index contributed by atoms with van der Waals surface area (Å²) < 4.78 is -0.171. The molecule has 1 aromatic rings. The highest BCUT2D eigenvalue weighted by Crippen LogP contribution is 2.35. The van der Waals surface area contributed by atoms with Crippen molar-refractivity contribution in [2.75, 3.05) is 19.3 Å². The molecule has 1 aliphatic heterocycles. The molecule has 2 heterocycles. The van der Waals surface area contributed by atoms with Crippen LogP contribution in [0.5, 0.6) is 0 Å². The van der Waals surface area contributed by atoms with Crippen LogP contribution >= 0.6 is 24.0 Å². The third kappa shape index (κ3) is 2.35. The van der Waals surface area contributed by atoms with Gasteiger partial charge in [0.05, 0.1) is 15.9 Å². The lowest BCUT2D eigenvalue weighted by Crippen LogP contribution is -2.50. The third-order valence-corrected chi connectivity index (χ3v) is 5.26. The van der Waals surface area contributed by atoms with E-state index in [-0.39, 0.29) is 10.7 Å². The van der Waals surface area contributed by atoms with Crippen LogP contribution in [0.1, 0.15) is 23.3 Å². The Bertz CT molecular complexity index is 439. The largest absolute Gasteiger partial charge is 0.392 e. The topological polar surface area (TPSA) is 87.9 Å². The van der Waals surface area contributed by atoms with Crippen LogP contribution in [0.3, 0.4) is 0 Å². The van der Waals surface area contributed by atoms with Crippen LogP contribution in [0, 0.1) is 0 Å². The van der Waals surface area contributed by atoms with Crippen molar-refractivity contribution in [2.24, 2.45) is 5.73 Å². The van der Waals surface area contributed by atoms with Crippen molar-refractivity contribution >= 4 is 34.9 Å². The fraction of sp³-hybridized carbons (Fsp3) is 0.600. The molecule has 0 unspecified atom stereocenters. The van der Waals surface area contributed by atoms with E-state index in [1.54, 1.807) is 16.7 Å². The van der Waals surface area contributed by atoms with Gasteiger partial charge in [0.25, 0.3) is 5.91 Å². The molecule has 18 heavy (non-hydrogen) atoms. The van der Waals surface area contributed by atoms with E-state index in [9.17, 15) is 4.79 Å². The number of carbonyl (C=O) groups is 1. The van der Waals surface area contributed by atoms with E-state index in [4.69, 9.17) is 18.0 Å². The summed E-state index contributed by atoms with van der Waals surface area (Å²) in [4.78, 5) is 14.4. The average Bonchev–Trinajstić information content (AvgIpc) is 2.91. The van der Waals surface area contributed by atoms with Crippen LogP contribution < -0.4 is 5.73 Å². The van der Waals surface area contributed by atoms with Gasteiger partial charge in [-0.1, -0.05) is 12.2 Å². The van der Waals surface area contributed by atoms with Gasteiger partial charge in [-0.2, -0.15) is 27.2 Å². The van der Waals surface area contributed by atoms with E-state index in [2.05, 4.69) is 15.4 Å². The number of H-pyrrole nitrogens is 1. The highest BCUT2D eigenvalue weighted by Gasteiger charge is 2.38. The normalized spacial score (nSPS) is 18.6. The van der Waals surface area contributed by atoms with E-state index in [1.165, 1.54) is 6.20 Å². The van der Waals surface area contributed by atoms with Gasteiger partial charge in [0, 0.05) is 13.1 Å². The number of nitrogens with one attached hydrogen (secondary N) is 1. The zero-order valence-electron chi connectivity index (χ0n) is 10.0. The van der Waals surface area contributed by atoms with Gasteiger partial charge in [0.15, 0.2) is 5.69 Å². The summed E-state index contributed by atoms with van der Waals surface area (Å²) >= 11 is 6.81. The molecule has 0 saturated carbocycles. The molecule has 1 amide bonds. The number of hydrogen-bond donors (Lipinski definition) is 2. The maximum atomic E-state index is 12.1. The van der Waals surface area contributed by atoms with Crippen LogP contribution in [0.15, 0.2) is 6.20 Å². The van der Waals surface area contributed by atoms with Gasteiger partial charge in [0.1, 0.15) is 0 Å². The molecule has 0 bridgehead atoms. The lowest BCUT2D eigenvalue weighted by Gasteiger charge is -2.39. The van der Waals surface area contributed by atoms with Crippen molar-refractivity contribution in [3.05, 3.63) is 11.9 Å². The minimum atomic E-state index is -0.171. The van der Waals surface area contributed by atoms with Crippen molar-refractivity contribution in [1.82, 2.24) is 20.3 Å². The van der Waals surface area contributed by atoms with Crippen LogP contribution in [-0.4, -0.2) is 55.3 Å². The molecule has 1 aromatic heterocycles. The SMILES string of the molecule is CSC1(C(N)=S)CCN(C(=O)c2cn[nH]n2)CC1. The minimum absolute atomic E-state index is 0.0959. The van der Waals surface area contributed by atoms with E-state index in [0.717, 1.165) is 12.8 Å². The average molecular weight is 285 g/mol. The number of nitrogens with two attached hydrogens (primary N) is 1. The summed E-state index contributed by atoms with van der Waals surface area (Å²) in [7, 11) is 0. The number of carbonyl (C=O) groups excluding carboxylic acids is 1. The summed E-state index contributed by atoms with van der Waals surface area (Å²) in [5.74, 6) is -0.0959. The first-order chi connectivity index (χ1) is 8.59. The second-order valence-corrected chi connectivity index (χ2v) is 5.84. The summed E-state index contributed by atoms with van der Waals surface area (Å²) in [6.07, 6.45) is 5.01.